The second-order valence-corrected chi connectivity index (χ2v) is 5.72. The average Bonchev–Trinajstić information content (AvgIpc) is 2.55. The van der Waals surface area contributed by atoms with Crippen LogP contribution in [0, 0.1) is 0 Å². The molecule has 3 heteroatoms. The lowest BCUT2D eigenvalue weighted by Crippen LogP contribution is -2.27. The Morgan fingerprint density at radius 3 is 2.40 bits per heavy atom. The van der Waals surface area contributed by atoms with Gasteiger partial charge in [-0.1, -0.05) is 0 Å². The summed E-state index contributed by atoms with van der Waals surface area (Å²) < 4.78 is 2.09. The van der Waals surface area contributed by atoms with Gasteiger partial charge in [-0.3, -0.25) is 9.58 Å². The Hall–Kier alpha value is -0.830. The Balaban J connectivity index is 2.20. The molecule has 0 atom stereocenters. The van der Waals surface area contributed by atoms with Crippen LogP contribution in [0.4, 0.5) is 0 Å². The van der Waals surface area contributed by atoms with Crippen molar-refractivity contribution >= 4 is 0 Å². The van der Waals surface area contributed by atoms with Gasteiger partial charge in [0.15, 0.2) is 0 Å². The summed E-state index contributed by atoms with van der Waals surface area (Å²) in [5.74, 6) is 0. The molecule has 0 bridgehead atoms. The highest BCUT2D eigenvalue weighted by Gasteiger charge is 2.26. The Kier molecular flexibility index (Phi) is 2.38. The molecule has 0 aliphatic carbocycles. The first kappa shape index (κ1) is 10.7. The zero-order valence-corrected chi connectivity index (χ0v) is 10.4. The maximum Gasteiger partial charge on any atom is 0.0810 e. The van der Waals surface area contributed by atoms with E-state index < -0.39 is 0 Å². The highest BCUT2D eigenvalue weighted by Crippen LogP contribution is 2.25. The van der Waals surface area contributed by atoms with Crippen molar-refractivity contribution in [1.29, 1.82) is 0 Å². The van der Waals surface area contributed by atoms with Gasteiger partial charge in [0.05, 0.1) is 11.2 Å². The van der Waals surface area contributed by atoms with Gasteiger partial charge in [0.25, 0.3) is 0 Å². The molecule has 0 unspecified atom stereocenters. The normalized spacial score (nSPS) is 17.5. The predicted molar refractivity (Wildman–Crippen MR) is 61.6 cm³/mol. The summed E-state index contributed by atoms with van der Waals surface area (Å²) in [6, 6.07) is 0.613. The highest BCUT2D eigenvalue weighted by molar-refractivity contribution is 5.22. The van der Waals surface area contributed by atoms with Crippen molar-refractivity contribution in [2.45, 2.75) is 59.3 Å². The molecule has 2 rings (SSSR count). The molecule has 2 heterocycles. The first-order valence-electron chi connectivity index (χ1n) is 5.70. The number of rotatable bonds is 1. The molecule has 1 aromatic heterocycles. The Bertz CT molecular complexity index is 334. The molecule has 1 aliphatic heterocycles. The standard InChI is InChI=1S/C12H21N3/c1-9(2)14-6-10-7-15(12(3,4)5)13-11(10)8-14/h7,9H,6,8H2,1-5H3. The van der Waals surface area contributed by atoms with Crippen LogP contribution in [0.1, 0.15) is 45.9 Å². The molecule has 1 aromatic rings. The molecule has 0 saturated carbocycles. The van der Waals surface area contributed by atoms with Crippen LogP contribution in [0.3, 0.4) is 0 Å². The first-order valence-corrected chi connectivity index (χ1v) is 5.70. The van der Waals surface area contributed by atoms with E-state index >= 15 is 0 Å². The number of hydrogen-bond acceptors (Lipinski definition) is 2. The van der Waals surface area contributed by atoms with Crippen LogP contribution in [0.15, 0.2) is 6.20 Å². The summed E-state index contributed by atoms with van der Waals surface area (Å²) in [6.45, 7) is 13.1. The van der Waals surface area contributed by atoms with E-state index in [1.54, 1.807) is 0 Å². The fourth-order valence-electron chi connectivity index (χ4n) is 1.89. The average molecular weight is 207 g/mol. The highest BCUT2D eigenvalue weighted by atomic mass is 15.3. The van der Waals surface area contributed by atoms with Crippen LogP contribution in [-0.4, -0.2) is 20.7 Å². The van der Waals surface area contributed by atoms with Crippen molar-refractivity contribution in [3.8, 4) is 0 Å². The van der Waals surface area contributed by atoms with Gasteiger partial charge in [0.1, 0.15) is 0 Å². The summed E-state index contributed by atoms with van der Waals surface area (Å²) in [4.78, 5) is 2.45. The molecular weight excluding hydrogens is 186 g/mol. The van der Waals surface area contributed by atoms with Crippen molar-refractivity contribution in [2.75, 3.05) is 0 Å². The van der Waals surface area contributed by atoms with Crippen LogP contribution in [0.25, 0.3) is 0 Å². The van der Waals surface area contributed by atoms with Gasteiger partial charge in [-0.15, -0.1) is 0 Å². The summed E-state index contributed by atoms with van der Waals surface area (Å²) in [5, 5.41) is 4.67. The van der Waals surface area contributed by atoms with Crippen LogP contribution >= 0.6 is 0 Å². The number of hydrogen-bond donors (Lipinski definition) is 0. The van der Waals surface area contributed by atoms with Gasteiger partial charge >= 0.3 is 0 Å². The van der Waals surface area contributed by atoms with Gasteiger partial charge in [-0.25, -0.2) is 0 Å². The molecule has 0 aromatic carbocycles. The maximum absolute atomic E-state index is 4.67. The molecule has 0 N–H and O–H groups in total. The van der Waals surface area contributed by atoms with Gasteiger partial charge in [0.2, 0.25) is 0 Å². The van der Waals surface area contributed by atoms with Crippen LogP contribution in [0.2, 0.25) is 0 Å². The smallest absolute Gasteiger partial charge is 0.0810 e. The molecule has 0 amide bonds. The van der Waals surface area contributed by atoms with Gasteiger partial charge in [-0.2, -0.15) is 5.10 Å². The minimum atomic E-state index is 0.104. The zero-order chi connectivity index (χ0) is 11.2. The molecule has 0 spiro atoms. The molecule has 0 radical (unpaired) electrons. The molecule has 1 aliphatic rings. The van der Waals surface area contributed by atoms with Gasteiger partial charge < -0.3 is 0 Å². The monoisotopic (exact) mass is 207 g/mol. The lowest BCUT2D eigenvalue weighted by molar-refractivity contribution is 0.220. The maximum atomic E-state index is 4.67. The van der Waals surface area contributed by atoms with Crippen molar-refractivity contribution < 1.29 is 0 Å². The molecule has 0 fully saturated rings. The summed E-state index contributed by atoms with van der Waals surface area (Å²) in [7, 11) is 0. The number of aromatic nitrogens is 2. The lowest BCUT2D eigenvalue weighted by atomic mass is 10.1. The van der Waals surface area contributed by atoms with Crippen LogP contribution in [0.5, 0.6) is 0 Å². The Morgan fingerprint density at radius 2 is 1.93 bits per heavy atom. The summed E-state index contributed by atoms with van der Waals surface area (Å²) in [6.07, 6.45) is 2.21. The number of nitrogens with zero attached hydrogens (tertiary/aromatic N) is 3. The molecule has 84 valence electrons. The van der Waals surface area contributed by atoms with E-state index in [1.807, 2.05) is 0 Å². The summed E-state index contributed by atoms with van der Waals surface area (Å²) in [5.41, 5.74) is 2.77. The van der Waals surface area contributed by atoms with E-state index in [4.69, 9.17) is 0 Å². The molecule has 15 heavy (non-hydrogen) atoms. The lowest BCUT2D eigenvalue weighted by Gasteiger charge is -2.22. The SMILES string of the molecule is CC(C)N1Cc2cn(C(C)(C)C)nc2C1. The van der Waals surface area contributed by atoms with Crippen molar-refractivity contribution in [2.24, 2.45) is 0 Å². The van der Waals surface area contributed by atoms with Gasteiger partial charge in [-0.05, 0) is 34.6 Å². The minimum absolute atomic E-state index is 0.104. The van der Waals surface area contributed by atoms with Crippen molar-refractivity contribution in [1.82, 2.24) is 14.7 Å². The third-order valence-corrected chi connectivity index (χ3v) is 3.02. The van der Waals surface area contributed by atoms with E-state index in [9.17, 15) is 0 Å². The minimum Gasteiger partial charge on any atom is -0.291 e. The fourth-order valence-corrected chi connectivity index (χ4v) is 1.89. The Labute approximate surface area is 92.1 Å². The van der Waals surface area contributed by atoms with E-state index in [0.29, 0.717) is 6.04 Å². The van der Waals surface area contributed by atoms with E-state index in [0.717, 1.165) is 13.1 Å². The predicted octanol–water partition coefficient (Wildman–Crippen LogP) is 2.36. The largest absolute Gasteiger partial charge is 0.291 e. The second-order valence-electron chi connectivity index (χ2n) is 5.72. The van der Waals surface area contributed by atoms with Crippen LogP contribution < -0.4 is 0 Å². The van der Waals surface area contributed by atoms with Gasteiger partial charge in [0, 0.05) is 30.9 Å². The second kappa shape index (κ2) is 3.34. The zero-order valence-electron chi connectivity index (χ0n) is 10.4. The summed E-state index contributed by atoms with van der Waals surface area (Å²) >= 11 is 0. The topological polar surface area (TPSA) is 21.1 Å². The van der Waals surface area contributed by atoms with E-state index in [-0.39, 0.29) is 5.54 Å². The van der Waals surface area contributed by atoms with E-state index in [2.05, 4.69) is 55.5 Å². The number of fused-ring (bicyclic) bond motifs is 1. The Morgan fingerprint density at radius 1 is 1.27 bits per heavy atom. The quantitative estimate of drug-likeness (QED) is 0.705. The molecule has 3 nitrogen and oxygen atoms in total. The van der Waals surface area contributed by atoms with Crippen molar-refractivity contribution in [3.63, 3.8) is 0 Å². The third kappa shape index (κ3) is 1.93. The molecular formula is C12H21N3. The van der Waals surface area contributed by atoms with Crippen molar-refractivity contribution in [3.05, 3.63) is 17.5 Å². The van der Waals surface area contributed by atoms with Crippen LogP contribution in [-0.2, 0) is 18.6 Å². The third-order valence-electron chi connectivity index (χ3n) is 3.02. The first-order chi connectivity index (χ1) is 6.88. The molecule has 0 saturated heterocycles. The fraction of sp³-hybridized carbons (Fsp3) is 0.750. The van der Waals surface area contributed by atoms with E-state index in [1.165, 1.54) is 11.3 Å².